The molecule has 0 aliphatic heterocycles. The zero-order valence-corrected chi connectivity index (χ0v) is 20.7. The van der Waals surface area contributed by atoms with Crippen molar-refractivity contribution < 1.29 is 12.8 Å². The SMILES string of the molecule is CC[Si](CC)(CC)Oc1cccc(NS(=O)(=O)CC[Si](C)(C)C)c1Br. The summed E-state index contributed by atoms with van der Waals surface area (Å²) >= 11 is 3.54. The lowest BCUT2D eigenvalue weighted by atomic mass is 10.3. The summed E-state index contributed by atoms with van der Waals surface area (Å²) in [6.07, 6.45) is 0. The van der Waals surface area contributed by atoms with Crippen LogP contribution in [0.4, 0.5) is 5.69 Å². The van der Waals surface area contributed by atoms with Crippen LogP contribution in [-0.4, -0.2) is 30.6 Å². The van der Waals surface area contributed by atoms with Crippen LogP contribution >= 0.6 is 15.9 Å². The van der Waals surface area contributed by atoms with E-state index in [4.69, 9.17) is 4.43 Å². The molecule has 0 amide bonds. The van der Waals surface area contributed by atoms with E-state index in [1.807, 2.05) is 12.1 Å². The predicted molar refractivity (Wildman–Crippen MR) is 118 cm³/mol. The minimum absolute atomic E-state index is 0.164. The van der Waals surface area contributed by atoms with E-state index in [2.05, 4.69) is 61.1 Å². The van der Waals surface area contributed by atoms with Crippen molar-refractivity contribution >= 4 is 48.0 Å². The molecule has 0 radical (unpaired) electrons. The fraction of sp³-hybridized carbons (Fsp3) is 0.647. The maximum atomic E-state index is 12.4. The van der Waals surface area contributed by atoms with Gasteiger partial charge in [0.2, 0.25) is 10.0 Å². The summed E-state index contributed by atoms with van der Waals surface area (Å²) in [6, 6.07) is 9.39. The number of anilines is 1. The average molecular weight is 467 g/mol. The molecule has 8 heteroatoms. The third kappa shape index (κ3) is 7.07. The standard InChI is InChI=1S/C17H32BrNO3SSi2/c1-7-25(8-2,9-3)22-16-12-10-11-15(17(16)18)19-23(20,21)13-14-24(4,5)6/h10-12,19H,7-9,13-14H2,1-6H3. The Hall–Kier alpha value is -0.316. The van der Waals surface area contributed by atoms with Crippen LogP contribution < -0.4 is 9.15 Å². The van der Waals surface area contributed by atoms with Gasteiger partial charge in [-0.15, -0.1) is 0 Å². The number of hydrogen-bond acceptors (Lipinski definition) is 3. The van der Waals surface area contributed by atoms with E-state index in [-0.39, 0.29) is 5.75 Å². The lowest BCUT2D eigenvalue weighted by molar-refractivity contribution is 0.529. The van der Waals surface area contributed by atoms with Gasteiger partial charge in [0.15, 0.2) is 0 Å². The Kier molecular flexibility index (Phi) is 8.23. The smallest absolute Gasteiger partial charge is 0.250 e. The lowest BCUT2D eigenvalue weighted by Crippen LogP contribution is -2.39. The number of nitrogens with one attached hydrogen (secondary N) is 1. The summed E-state index contributed by atoms with van der Waals surface area (Å²) in [6.45, 7) is 13.1. The molecule has 1 aromatic carbocycles. The van der Waals surface area contributed by atoms with Crippen molar-refractivity contribution in [3.63, 3.8) is 0 Å². The molecule has 0 aliphatic rings. The van der Waals surface area contributed by atoms with Crippen molar-refractivity contribution in [2.24, 2.45) is 0 Å². The highest BCUT2D eigenvalue weighted by atomic mass is 79.9. The molecule has 1 rings (SSSR count). The predicted octanol–water partition coefficient (Wildman–Crippen LogP) is 5.91. The van der Waals surface area contributed by atoms with Crippen LogP contribution in [0, 0.1) is 0 Å². The summed E-state index contributed by atoms with van der Waals surface area (Å²) in [5, 5.41) is 0. The van der Waals surface area contributed by atoms with Crippen LogP contribution in [0.5, 0.6) is 5.75 Å². The molecular weight excluding hydrogens is 434 g/mol. The molecule has 0 spiro atoms. The second kappa shape index (κ2) is 9.06. The van der Waals surface area contributed by atoms with Crippen LogP contribution in [0.25, 0.3) is 0 Å². The third-order valence-electron chi connectivity index (χ3n) is 4.61. The highest BCUT2D eigenvalue weighted by molar-refractivity contribution is 9.10. The molecule has 0 saturated heterocycles. The lowest BCUT2D eigenvalue weighted by Gasteiger charge is -2.30. The van der Waals surface area contributed by atoms with E-state index in [1.54, 1.807) is 6.07 Å². The van der Waals surface area contributed by atoms with Gasteiger partial charge in [-0.25, -0.2) is 8.42 Å². The van der Waals surface area contributed by atoms with Crippen molar-refractivity contribution in [3.05, 3.63) is 22.7 Å². The molecule has 1 N–H and O–H groups in total. The Labute approximate surface area is 164 Å². The Bertz CT molecular complexity index is 663. The van der Waals surface area contributed by atoms with Crippen LogP contribution in [0.1, 0.15) is 20.8 Å². The number of benzene rings is 1. The van der Waals surface area contributed by atoms with Gasteiger partial charge in [0.05, 0.1) is 15.9 Å². The van der Waals surface area contributed by atoms with Gasteiger partial charge in [0, 0.05) is 8.07 Å². The van der Waals surface area contributed by atoms with Crippen molar-refractivity contribution in [2.75, 3.05) is 10.5 Å². The summed E-state index contributed by atoms with van der Waals surface area (Å²) in [5.74, 6) is 0.903. The fourth-order valence-corrected chi connectivity index (χ4v) is 9.95. The molecule has 0 fully saturated rings. The van der Waals surface area contributed by atoms with Gasteiger partial charge in [-0.3, -0.25) is 4.72 Å². The molecule has 0 heterocycles. The quantitative estimate of drug-likeness (QED) is 0.436. The van der Waals surface area contributed by atoms with Crippen molar-refractivity contribution in [3.8, 4) is 5.75 Å². The van der Waals surface area contributed by atoms with Crippen LogP contribution in [0.15, 0.2) is 22.7 Å². The molecular formula is C17H32BrNO3SSi2. The molecule has 0 aromatic heterocycles. The van der Waals surface area contributed by atoms with E-state index < -0.39 is 26.4 Å². The zero-order valence-electron chi connectivity index (χ0n) is 16.3. The van der Waals surface area contributed by atoms with Gasteiger partial charge in [-0.2, -0.15) is 0 Å². The second-order valence-corrected chi connectivity index (χ2v) is 20.6. The first kappa shape index (κ1) is 22.7. The topological polar surface area (TPSA) is 55.4 Å². The Morgan fingerprint density at radius 1 is 1.08 bits per heavy atom. The Morgan fingerprint density at radius 3 is 2.12 bits per heavy atom. The molecule has 4 nitrogen and oxygen atoms in total. The maximum Gasteiger partial charge on any atom is 0.250 e. The van der Waals surface area contributed by atoms with Crippen molar-refractivity contribution in [1.29, 1.82) is 0 Å². The highest BCUT2D eigenvalue weighted by Gasteiger charge is 2.31. The van der Waals surface area contributed by atoms with Gasteiger partial charge < -0.3 is 4.43 Å². The van der Waals surface area contributed by atoms with Crippen LogP contribution in [0.2, 0.25) is 43.8 Å². The number of halogens is 1. The third-order valence-corrected chi connectivity index (χ3v) is 13.3. The fourth-order valence-electron chi connectivity index (χ4n) is 2.53. The van der Waals surface area contributed by atoms with Crippen molar-refractivity contribution in [1.82, 2.24) is 0 Å². The van der Waals surface area contributed by atoms with E-state index in [9.17, 15) is 8.42 Å². The summed E-state index contributed by atoms with van der Waals surface area (Å²) < 4.78 is 34.7. The summed E-state index contributed by atoms with van der Waals surface area (Å²) in [5.41, 5.74) is 0.555. The number of sulfonamides is 1. The van der Waals surface area contributed by atoms with Gasteiger partial charge in [0.25, 0.3) is 8.32 Å². The van der Waals surface area contributed by atoms with Gasteiger partial charge in [-0.1, -0.05) is 46.5 Å². The minimum atomic E-state index is -3.36. The molecule has 0 saturated carbocycles. The molecule has 0 bridgehead atoms. The van der Waals surface area contributed by atoms with Gasteiger partial charge >= 0.3 is 0 Å². The van der Waals surface area contributed by atoms with E-state index in [0.717, 1.165) is 29.9 Å². The molecule has 25 heavy (non-hydrogen) atoms. The second-order valence-electron chi connectivity index (χ2n) is 7.70. The molecule has 1 aromatic rings. The first-order valence-electron chi connectivity index (χ1n) is 8.95. The van der Waals surface area contributed by atoms with Crippen LogP contribution in [-0.2, 0) is 10.0 Å². The Morgan fingerprint density at radius 2 is 1.64 bits per heavy atom. The summed E-state index contributed by atoms with van der Waals surface area (Å²) in [7, 11) is -6.58. The van der Waals surface area contributed by atoms with Gasteiger partial charge in [-0.05, 0) is 52.2 Å². The first-order chi connectivity index (χ1) is 11.5. The van der Waals surface area contributed by atoms with E-state index >= 15 is 0 Å². The highest BCUT2D eigenvalue weighted by Crippen LogP contribution is 2.36. The normalized spacial score (nSPS) is 12.9. The van der Waals surface area contributed by atoms with Gasteiger partial charge in [0.1, 0.15) is 5.75 Å². The zero-order chi connectivity index (χ0) is 19.3. The average Bonchev–Trinajstić information content (AvgIpc) is 2.54. The van der Waals surface area contributed by atoms with Crippen LogP contribution in [0.3, 0.4) is 0 Å². The summed E-state index contributed by atoms with van der Waals surface area (Å²) in [4.78, 5) is 0. The van der Waals surface area contributed by atoms with E-state index in [0.29, 0.717) is 10.2 Å². The Balaban J connectivity index is 3.01. The monoisotopic (exact) mass is 465 g/mol. The molecule has 0 aliphatic carbocycles. The van der Waals surface area contributed by atoms with Crippen molar-refractivity contribution in [2.45, 2.75) is 64.6 Å². The number of hydrogen-bond donors (Lipinski definition) is 1. The van der Waals surface area contributed by atoms with E-state index in [1.165, 1.54) is 0 Å². The number of rotatable bonds is 10. The molecule has 0 atom stereocenters. The molecule has 144 valence electrons. The minimum Gasteiger partial charge on any atom is -0.543 e. The maximum absolute atomic E-state index is 12.4. The molecule has 0 unspecified atom stereocenters. The largest absolute Gasteiger partial charge is 0.543 e. The first-order valence-corrected chi connectivity index (χ1v) is 17.6.